The van der Waals surface area contributed by atoms with E-state index in [4.69, 9.17) is 4.74 Å². The Kier molecular flexibility index (Phi) is 6.62. The van der Waals surface area contributed by atoms with Gasteiger partial charge in [-0.15, -0.1) is 0 Å². The lowest BCUT2D eigenvalue weighted by molar-refractivity contribution is 0.0787. The molecule has 0 saturated heterocycles. The lowest BCUT2D eigenvalue weighted by Crippen LogP contribution is -2.13. The third-order valence-electron chi connectivity index (χ3n) is 5.31. The van der Waals surface area contributed by atoms with E-state index in [1.165, 1.54) is 5.56 Å². The van der Waals surface area contributed by atoms with Gasteiger partial charge in [0.1, 0.15) is 5.82 Å². The minimum atomic E-state index is -0.163. The normalized spacial score (nSPS) is 12.7. The summed E-state index contributed by atoms with van der Waals surface area (Å²) in [6.45, 7) is 5.56. The van der Waals surface area contributed by atoms with Crippen molar-refractivity contribution in [2.45, 2.75) is 45.6 Å². The van der Waals surface area contributed by atoms with Gasteiger partial charge >= 0.3 is 0 Å². The van der Waals surface area contributed by atoms with Crippen LogP contribution in [0, 0.1) is 0 Å². The molecule has 0 bridgehead atoms. The van der Waals surface area contributed by atoms with Crippen LogP contribution >= 0.6 is 0 Å². The number of nitrogens with one attached hydrogen (secondary N) is 3. The van der Waals surface area contributed by atoms with Gasteiger partial charge in [-0.1, -0.05) is 6.07 Å². The minimum Gasteiger partial charge on any atom is -0.379 e. The molecule has 3 aromatic heterocycles. The van der Waals surface area contributed by atoms with Crippen molar-refractivity contribution < 1.29 is 9.53 Å². The molecular weight excluding hydrogens is 390 g/mol. The predicted octanol–water partition coefficient (Wildman–Crippen LogP) is 4.44. The topological polar surface area (TPSA) is 91.9 Å². The SMILES string of the molecule is CC(C)OCCCNc1ccc(NC(=O)c2c[nH]c3c2-c2ncccc2CCC3)cn1. The first kappa shape index (κ1) is 21.1. The molecule has 0 aliphatic heterocycles. The molecular formula is C24H29N5O2. The number of hydrogen-bond donors (Lipinski definition) is 3. The summed E-state index contributed by atoms with van der Waals surface area (Å²) in [7, 11) is 0. The molecule has 3 N–H and O–H groups in total. The monoisotopic (exact) mass is 419 g/mol. The van der Waals surface area contributed by atoms with Crippen LogP contribution in [0.15, 0.2) is 42.9 Å². The van der Waals surface area contributed by atoms with E-state index in [-0.39, 0.29) is 12.0 Å². The van der Waals surface area contributed by atoms with Crippen molar-refractivity contribution >= 4 is 17.4 Å². The number of anilines is 2. The molecule has 4 rings (SSSR count). The van der Waals surface area contributed by atoms with Gasteiger partial charge in [-0.05, 0) is 63.3 Å². The Morgan fingerprint density at radius 3 is 2.94 bits per heavy atom. The summed E-state index contributed by atoms with van der Waals surface area (Å²) in [6.07, 6.45) is 9.31. The largest absolute Gasteiger partial charge is 0.379 e. The van der Waals surface area contributed by atoms with Gasteiger partial charge < -0.3 is 20.4 Å². The molecule has 0 aromatic carbocycles. The smallest absolute Gasteiger partial charge is 0.257 e. The molecule has 0 atom stereocenters. The van der Waals surface area contributed by atoms with Crippen LogP contribution in [0.25, 0.3) is 11.3 Å². The second-order valence-electron chi connectivity index (χ2n) is 8.01. The van der Waals surface area contributed by atoms with Gasteiger partial charge in [0.05, 0.1) is 29.2 Å². The van der Waals surface area contributed by atoms with E-state index in [0.717, 1.165) is 61.6 Å². The van der Waals surface area contributed by atoms with Crippen LogP contribution < -0.4 is 10.6 Å². The van der Waals surface area contributed by atoms with Gasteiger partial charge in [-0.2, -0.15) is 0 Å². The first-order valence-corrected chi connectivity index (χ1v) is 10.9. The van der Waals surface area contributed by atoms with Gasteiger partial charge in [-0.3, -0.25) is 9.78 Å². The van der Waals surface area contributed by atoms with Crippen LogP contribution in [0.2, 0.25) is 0 Å². The van der Waals surface area contributed by atoms with Crippen molar-refractivity contribution in [1.82, 2.24) is 15.0 Å². The molecule has 7 nitrogen and oxygen atoms in total. The van der Waals surface area contributed by atoms with Crippen molar-refractivity contribution in [2.75, 3.05) is 23.8 Å². The van der Waals surface area contributed by atoms with Crippen LogP contribution in [-0.4, -0.2) is 40.1 Å². The molecule has 1 aliphatic carbocycles. The van der Waals surface area contributed by atoms with E-state index in [2.05, 4.69) is 31.7 Å². The van der Waals surface area contributed by atoms with E-state index in [1.54, 1.807) is 18.6 Å². The van der Waals surface area contributed by atoms with Crippen LogP contribution in [0.1, 0.15) is 48.3 Å². The Bertz CT molecular complexity index is 1030. The Balaban J connectivity index is 1.41. The molecule has 0 unspecified atom stereocenters. The quantitative estimate of drug-likeness (QED) is 0.470. The summed E-state index contributed by atoms with van der Waals surface area (Å²) < 4.78 is 5.53. The Hall–Kier alpha value is -3.19. The van der Waals surface area contributed by atoms with Gasteiger partial charge in [0.25, 0.3) is 5.91 Å². The zero-order valence-electron chi connectivity index (χ0n) is 18.1. The molecule has 162 valence electrons. The fraction of sp³-hybridized carbons (Fsp3) is 0.375. The third kappa shape index (κ3) is 5.11. The number of fused-ring (bicyclic) bond motifs is 3. The van der Waals surface area contributed by atoms with Gasteiger partial charge in [0.15, 0.2) is 0 Å². The molecule has 0 spiro atoms. The van der Waals surface area contributed by atoms with Crippen molar-refractivity contribution in [1.29, 1.82) is 0 Å². The van der Waals surface area contributed by atoms with E-state index >= 15 is 0 Å². The summed E-state index contributed by atoms with van der Waals surface area (Å²) in [5, 5.41) is 6.23. The number of H-pyrrole nitrogens is 1. The second kappa shape index (κ2) is 9.75. The summed E-state index contributed by atoms with van der Waals surface area (Å²) >= 11 is 0. The maximum atomic E-state index is 13.0. The van der Waals surface area contributed by atoms with E-state index in [9.17, 15) is 4.79 Å². The summed E-state index contributed by atoms with van der Waals surface area (Å²) in [5.41, 5.74) is 5.35. The zero-order valence-corrected chi connectivity index (χ0v) is 18.1. The second-order valence-corrected chi connectivity index (χ2v) is 8.01. The average molecular weight is 420 g/mol. The molecule has 0 saturated carbocycles. The van der Waals surface area contributed by atoms with E-state index in [0.29, 0.717) is 11.3 Å². The number of aromatic nitrogens is 3. The van der Waals surface area contributed by atoms with Crippen LogP contribution in [0.4, 0.5) is 11.5 Å². The first-order valence-electron chi connectivity index (χ1n) is 10.9. The number of aryl methyl sites for hydroxylation is 2. The fourth-order valence-electron chi connectivity index (χ4n) is 3.81. The number of ether oxygens (including phenoxy) is 1. The Morgan fingerprint density at radius 2 is 2.13 bits per heavy atom. The average Bonchev–Trinajstić information content (AvgIpc) is 3.10. The Labute approximate surface area is 182 Å². The number of amides is 1. The molecule has 0 fully saturated rings. The summed E-state index contributed by atoms with van der Waals surface area (Å²) in [5.74, 6) is 0.612. The standard InChI is InChI=1S/C24H29N5O2/c1-16(2)31-13-5-12-25-21-10-9-18(14-28-21)29-24(30)19-15-27-20-8-3-6-17-7-4-11-26-23(17)22(19)20/h4,7,9-11,14-16,27H,3,5-6,8,12-13H2,1-2H3,(H,25,28)(H,29,30). The lowest BCUT2D eigenvalue weighted by atomic mass is 10.0. The highest BCUT2D eigenvalue weighted by Gasteiger charge is 2.24. The zero-order chi connectivity index (χ0) is 21.6. The van der Waals surface area contributed by atoms with Crippen LogP contribution in [-0.2, 0) is 17.6 Å². The van der Waals surface area contributed by atoms with Gasteiger partial charge in [0, 0.05) is 36.8 Å². The third-order valence-corrected chi connectivity index (χ3v) is 5.31. The molecule has 1 amide bonds. The number of carbonyl (C=O) groups is 1. The minimum absolute atomic E-state index is 0.163. The number of pyridine rings is 2. The molecule has 1 aliphatic rings. The number of aromatic amines is 1. The van der Waals surface area contributed by atoms with Crippen LogP contribution in [0.5, 0.6) is 0 Å². The summed E-state index contributed by atoms with van der Waals surface area (Å²) in [6, 6.07) is 7.77. The number of nitrogens with zero attached hydrogens (tertiary/aromatic N) is 2. The van der Waals surface area contributed by atoms with E-state index < -0.39 is 0 Å². The maximum Gasteiger partial charge on any atom is 0.257 e. The highest BCUT2D eigenvalue weighted by Crippen LogP contribution is 2.33. The lowest BCUT2D eigenvalue weighted by Gasteiger charge is -2.10. The van der Waals surface area contributed by atoms with Crippen LogP contribution in [0.3, 0.4) is 0 Å². The maximum absolute atomic E-state index is 13.0. The highest BCUT2D eigenvalue weighted by atomic mass is 16.5. The Morgan fingerprint density at radius 1 is 1.23 bits per heavy atom. The van der Waals surface area contributed by atoms with Gasteiger partial charge in [0.2, 0.25) is 0 Å². The molecule has 0 radical (unpaired) electrons. The fourth-order valence-corrected chi connectivity index (χ4v) is 3.81. The predicted molar refractivity (Wildman–Crippen MR) is 122 cm³/mol. The summed E-state index contributed by atoms with van der Waals surface area (Å²) in [4.78, 5) is 25.3. The molecule has 3 aromatic rings. The van der Waals surface area contributed by atoms with Crippen molar-refractivity contribution in [3.05, 3.63) is 59.7 Å². The molecule has 7 heteroatoms. The first-order chi connectivity index (χ1) is 15.1. The van der Waals surface area contributed by atoms with Crippen molar-refractivity contribution in [3.8, 4) is 11.3 Å². The number of carbonyl (C=O) groups excluding carboxylic acids is 1. The number of rotatable bonds is 8. The highest BCUT2D eigenvalue weighted by molar-refractivity contribution is 6.09. The van der Waals surface area contributed by atoms with Gasteiger partial charge in [-0.25, -0.2) is 4.98 Å². The van der Waals surface area contributed by atoms with E-state index in [1.807, 2.05) is 32.0 Å². The molecule has 31 heavy (non-hydrogen) atoms. The van der Waals surface area contributed by atoms with Crippen molar-refractivity contribution in [2.24, 2.45) is 0 Å². The van der Waals surface area contributed by atoms with Crippen molar-refractivity contribution in [3.63, 3.8) is 0 Å². The molecule has 3 heterocycles. The number of hydrogen-bond acceptors (Lipinski definition) is 5.